The Morgan fingerprint density at radius 3 is 2.40 bits per heavy atom. The molecule has 0 aromatic heterocycles. The minimum atomic E-state index is -0.207. The quantitative estimate of drug-likeness (QED) is 0.833. The average Bonchev–Trinajstić information content (AvgIpc) is 2.44. The van der Waals surface area contributed by atoms with Crippen molar-refractivity contribution >= 4 is 15.9 Å². The first kappa shape index (κ1) is 15.2. The highest BCUT2D eigenvalue weighted by Gasteiger charge is 2.11. The van der Waals surface area contributed by atoms with Crippen LogP contribution in [0.5, 0.6) is 0 Å². The van der Waals surface area contributed by atoms with Crippen LogP contribution in [0, 0.1) is 11.7 Å². The fraction of sp³-hybridized carbons (Fsp3) is 0.294. The molecule has 0 amide bonds. The zero-order chi connectivity index (χ0) is 14.4. The van der Waals surface area contributed by atoms with E-state index >= 15 is 0 Å². The van der Waals surface area contributed by atoms with Crippen molar-refractivity contribution in [3.05, 3.63) is 69.9 Å². The molecule has 0 aliphatic carbocycles. The van der Waals surface area contributed by atoms with E-state index in [2.05, 4.69) is 45.5 Å². The molecule has 106 valence electrons. The van der Waals surface area contributed by atoms with Crippen molar-refractivity contribution in [2.75, 3.05) is 13.6 Å². The first-order valence-electron chi connectivity index (χ1n) is 6.81. The minimum Gasteiger partial charge on any atom is -0.319 e. The molecule has 1 N–H and O–H groups in total. The molecule has 0 aliphatic rings. The molecule has 2 aromatic carbocycles. The summed E-state index contributed by atoms with van der Waals surface area (Å²) in [5.74, 6) is 0.293. The first-order chi connectivity index (χ1) is 9.69. The largest absolute Gasteiger partial charge is 0.319 e. The number of hydrogen-bond acceptors (Lipinski definition) is 1. The second-order valence-electron chi connectivity index (χ2n) is 5.07. The molecule has 0 aliphatic heterocycles. The van der Waals surface area contributed by atoms with E-state index in [0.29, 0.717) is 10.4 Å². The molecule has 1 nitrogen and oxygen atoms in total. The predicted octanol–water partition coefficient (Wildman–Crippen LogP) is 4.21. The zero-order valence-electron chi connectivity index (χ0n) is 11.6. The maximum atomic E-state index is 13.3. The summed E-state index contributed by atoms with van der Waals surface area (Å²) in [6.07, 6.45) is 1.96. The standard InChI is InChI=1S/C17H19BrFN/c1-20-12-15(9-13-5-3-2-4-6-13)10-14-7-8-17(19)16(18)11-14/h2-8,11,15,20H,9-10,12H2,1H3. The Kier molecular flexibility index (Phi) is 5.74. The molecule has 2 aromatic rings. The normalized spacial score (nSPS) is 12.3. The number of nitrogens with one attached hydrogen (secondary N) is 1. The van der Waals surface area contributed by atoms with Gasteiger partial charge in [0.25, 0.3) is 0 Å². The van der Waals surface area contributed by atoms with Gasteiger partial charge >= 0.3 is 0 Å². The van der Waals surface area contributed by atoms with Crippen LogP contribution >= 0.6 is 15.9 Å². The summed E-state index contributed by atoms with van der Waals surface area (Å²) in [7, 11) is 1.97. The van der Waals surface area contributed by atoms with Crippen LogP contribution in [0.3, 0.4) is 0 Å². The van der Waals surface area contributed by atoms with Crippen LogP contribution < -0.4 is 5.32 Å². The first-order valence-corrected chi connectivity index (χ1v) is 7.61. The number of benzene rings is 2. The van der Waals surface area contributed by atoms with Crippen LogP contribution in [0.15, 0.2) is 53.0 Å². The second-order valence-corrected chi connectivity index (χ2v) is 5.92. The highest BCUT2D eigenvalue weighted by atomic mass is 79.9. The van der Waals surface area contributed by atoms with Crippen LogP contribution in [0.25, 0.3) is 0 Å². The van der Waals surface area contributed by atoms with E-state index in [4.69, 9.17) is 0 Å². The molecule has 0 radical (unpaired) electrons. The van der Waals surface area contributed by atoms with Crippen molar-refractivity contribution < 1.29 is 4.39 Å². The highest BCUT2D eigenvalue weighted by Crippen LogP contribution is 2.20. The fourth-order valence-corrected chi connectivity index (χ4v) is 2.88. The molecule has 1 atom stereocenters. The van der Waals surface area contributed by atoms with Crippen molar-refractivity contribution in [2.24, 2.45) is 5.92 Å². The van der Waals surface area contributed by atoms with Crippen LogP contribution in [-0.4, -0.2) is 13.6 Å². The lowest BCUT2D eigenvalue weighted by molar-refractivity contribution is 0.492. The highest BCUT2D eigenvalue weighted by molar-refractivity contribution is 9.10. The molecule has 1 unspecified atom stereocenters. The lowest BCUT2D eigenvalue weighted by Gasteiger charge is -2.17. The van der Waals surface area contributed by atoms with Crippen molar-refractivity contribution in [1.82, 2.24) is 5.32 Å². The molecule has 0 fully saturated rings. The molecule has 3 heteroatoms. The van der Waals surface area contributed by atoms with E-state index < -0.39 is 0 Å². The van der Waals surface area contributed by atoms with E-state index in [9.17, 15) is 4.39 Å². The number of halogens is 2. The molecule has 0 bridgehead atoms. The fourth-order valence-electron chi connectivity index (χ4n) is 2.45. The average molecular weight is 336 g/mol. The summed E-state index contributed by atoms with van der Waals surface area (Å²) in [5.41, 5.74) is 2.50. The molecule has 20 heavy (non-hydrogen) atoms. The van der Waals surface area contributed by atoms with E-state index in [0.717, 1.165) is 24.9 Å². The smallest absolute Gasteiger partial charge is 0.137 e. The third-order valence-corrected chi connectivity index (χ3v) is 3.98. The van der Waals surface area contributed by atoms with Crippen LogP contribution in [0.2, 0.25) is 0 Å². The van der Waals surface area contributed by atoms with Gasteiger partial charge in [-0.05, 0) is 71.5 Å². The SMILES string of the molecule is CNCC(Cc1ccccc1)Cc1ccc(F)c(Br)c1. The van der Waals surface area contributed by atoms with E-state index in [1.165, 1.54) is 11.6 Å². The number of hydrogen-bond donors (Lipinski definition) is 1. The van der Waals surface area contributed by atoms with Gasteiger partial charge in [0.05, 0.1) is 4.47 Å². The summed E-state index contributed by atoms with van der Waals surface area (Å²) in [4.78, 5) is 0. The van der Waals surface area contributed by atoms with Crippen molar-refractivity contribution in [3.8, 4) is 0 Å². The summed E-state index contributed by atoms with van der Waals surface area (Å²) in [5, 5.41) is 3.25. The van der Waals surface area contributed by atoms with Gasteiger partial charge in [-0.3, -0.25) is 0 Å². The van der Waals surface area contributed by atoms with Gasteiger partial charge < -0.3 is 5.32 Å². The van der Waals surface area contributed by atoms with E-state index in [1.807, 2.05) is 25.2 Å². The summed E-state index contributed by atoms with van der Waals surface area (Å²) in [6, 6.07) is 15.8. The maximum Gasteiger partial charge on any atom is 0.137 e. The van der Waals surface area contributed by atoms with Gasteiger partial charge in [0.1, 0.15) is 5.82 Å². The minimum absolute atomic E-state index is 0.207. The van der Waals surface area contributed by atoms with Crippen molar-refractivity contribution in [1.29, 1.82) is 0 Å². The molecular weight excluding hydrogens is 317 g/mol. The van der Waals surface area contributed by atoms with Crippen LogP contribution in [0.1, 0.15) is 11.1 Å². The topological polar surface area (TPSA) is 12.0 Å². The summed E-state index contributed by atoms with van der Waals surface area (Å²) >= 11 is 3.25. The van der Waals surface area contributed by atoms with Gasteiger partial charge in [0.15, 0.2) is 0 Å². The number of rotatable bonds is 6. The Morgan fingerprint density at radius 1 is 1.05 bits per heavy atom. The molecule has 0 heterocycles. The van der Waals surface area contributed by atoms with Gasteiger partial charge in [-0.15, -0.1) is 0 Å². The van der Waals surface area contributed by atoms with Gasteiger partial charge in [-0.1, -0.05) is 36.4 Å². The van der Waals surface area contributed by atoms with Crippen LogP contribution in [0.4, 0.5) is 4.39 Å². The Balaban J connectivity index is 2.06. The third kappa shape index (κ3) is 4.43. The molecule has 0 saturated carbocycles. The Hall–Kier alpha value is -1.19. The van der Waals surface area contributed by atoms with Gasteiger partial charge in [-0.25, -0.2) is 4.39 Å². The molecule has 0 spiro atoms. The summed E-state index contributed by atoms with van der Waals surface area (Å²) < 4.78 is 13.8. The monoisotopic (exact) mass is 335 g/mol. The van der Waals surface area contributed by atoms with Crippen molar-refractivity contribution in [2.45, 2.75) is 12.8 Å². The predicted molar refractivity (Wildman–Crippen MR) is 85.4 cm³/mol. The Labute approximate surface area is 128 Å². The summed E-state index contributed by atoms with van der Waals surface area (Å²) in [6.45, 7) is 0.948. The lowest BCUT2D eigenvalue weighted by Crippen LogP contribution is -2.22. The Bertz CT molecular complexity index is 542. The second kappa shape index (κ2) is 7.55. The Morgan fingerprint density at radius 2 is 1.75 bits per heavy atom. The van der Waals surface area contributed by atoms with Gasteiger partial charge in [0, 0.05) is 0 Å². The van der Waals surface area contributed by atoms with Crippen molar-refractivity contribution in [3.63, 3.8) is 0 Å². The molecule has 0 saturated heterocycles. The van der Waals surface area contributed by atoms with E-state index in [1.54, 1.807) is 0 Å². The van der Waals surface area contributed by atoms with Crippen LogP contribution in [-0.2, 0) is 12.8 Å². The molecule has 2 rings (SSSR count). The zero-order valence-corrected chi connectivity index (χ0v) is 13.2. The van der Waals surface area contributed by atoms with Gasteiger partial charge in [-0.2, -0.15) is 0 Å². The maximum absolute atomic E-state index is 13.3. The lowest BCUT2D eigenvalue weighted by atomic mass is 9.92. The molecular formula is C17H19BrFN. The third-order valence-electron chi connectivity index (χ3n) is 3.37. The van der Waals surface area contributed by atoms with Gasteiger partial charge in [0.2, 0.25) is 0 Å². The van der Waals surface area contributed by atoms with E-state index in [-0.39, 0.29) is 5.82 Å².